The second kappa shape index (κ2) is 8.98. The lowest BCUT2D eigenvalue weighted by Gasteiger charge is -2.25. The van der Waals surface area contributed by atoms with Gasteiger partial charge in [-0.3, -0.25) is 0 Å². The van der Waals surface area contributed by atoms with E-state index >= 15 is 0 Å². The molecule has 2 aromatic heterocycles. The van der Waals surface area contributed by atoms with Crippen LogP contribution in [0.3, 0.4) is 0 Å². The molecule has 1 aliphatic rings. The monoisotopic (exact) mass is 468 g/mol. The highest BCUT2D eigenvalue weighted by Gasteiger charge is 2.19. The van der Waals surface area contributed by atoms with Crippen molar-refractivity contribution in [2.45, 2.75) is 13.0 Å². The lowest BCUT2D eigenvalue weighted by atomic mass is 9.98. The molecule has 1 fully saturated rings. The summed E-state index contributed by atoms with van der Waals surface area (Å²) in [5.41, 5.74) is 4.54. The number of hydrogen-bond donors (Lipinski definition) is 1. The van der Waals surface area contributed by atoms with Crippen molar-refractivity contribution in [1.82, 2.24) is 14.5 Å². The Balaban J connectivity index is 1.24. The minimum absolute atomic E-state index is 0.325. The molecule has 1 saturated heterocycles. The molecule has 0 amide bonds. The number of ether oxygens (including phenoxy) is 2. The van der Waals surface area contributed by atoms with Gasteiger partial charge in [0.2, 0.25) is 11.8 Å². The van der Waals surface area contributed by atoms with Gasteiger partial charge in [-0.1, -0.05) is 41.4 Å². The number of imidazole rings is 1. The van der Waals surface area contributed by atoms with Crippen LogP contribution in [0.2, 0.25) is 10.0 Å². The van der Waals surface area contributed by atoms with Gasteiger partial charge < -0.3 is 19.4 Å². The van der Waals surface area contributed by atoms with Gasteiger partial charge in [0, 0.05) is 25.7 Å². The van der Waals surface area contributed by atoms with Gasteiger partial charge >= 0.3 is 0 Å². The summed E-state index contributed by atoms with van der Waals surface area (Å²) in [4.78, 5) is 8.86. The van der Waals surface area contributed by atoms with Crippen LogP contribution in [0.5, 0.6) is 11.6 Å². The lowest BCUT2D eigenvalue weighted by molar-refractivity contribution is -0.0312. The van der Waals surface area contributed by atoms with E-state index in [0.717, 1.165) is 42.2 Å². The first-order chi connectivity index (χ1) is 15.5. The van der Waals surface area contributed by atoms with Crippen LogP contribution in [0.1, 0.15) is 11.1 Å². The molecule has 0 radical (unpaired) electrons. The topological polar surface area (TPSA) is 61.2 Å². The number of nitrogens with one attached hydrogen (secondary N) is 1. The van der Waals surface area contributed by atoms with Crippen molar-refractivity contribution >= 4 is 40.2 Å². The van der Waals surface area contributed by atoms with Crippen molar-refractivity contribution in [2.75, 3.05) is 18.5 Å². The molecule has 4 aromatic rings. The van der Waals surface area contributed by atoms with E-state index in [2.05, 4.69) is 33.1 Å². The SMILES string of the molecule is Cn1c(NCc2ccc(Oc3ncc(Cl)cc3Cl)cc2)nc2ccc(CC3COC3)cc21. The van der Waals surface area contributed by atoms with Gasteiger partial charge in [0.1, 0.15) is 10.8 Å². The third-order valence-corrected chi connectivity index (χ3v) is 6.02. The summed E-state index contributed by atoms with van der Waals surface area (Å²) >= 11 is 12.0. The second-order valence-corrected chi connectivity index (χ2v) is 8.81. The number of rotatable bonds is 7. The minimum atomic E-state index is 0.325. The van der Waals surface area contributed by atoms with E-state index in [9.17, 15) is 0 Å². The Morgan fingerprint density at radius 1 is 1.09 bits per heavy atom. The normalized spacial score (nSPS) is 13.8. The number of benzene rings is 2. The molecule has 0 unspecified atom stereocenters. The zero-order valence-corrected chi connectivity index (χ0v) is 19.0. The van der Waals surface area contributed by atoms with E-state index in [1.54, 1.807) is 6.07 Å². The fourth-order valence-corrected chi connectivity index (χ4v) is 4.12. The second-order valence-electron chi connectivity index (χ2n) is 7.97. The molecule has 0 bridgehead atoms. The maximum Gasteiger partial charge on any atom is 0.238 e. The fraction of sp³-hybridized carbons (Fsp3) is 0.250. The Morgan fingerprint density at radius 2 is 1.88 bits per heavy atom. The molecule has 1 N–H and O–H groups in total. The number of pyridine rings is 1. The van der Waals surface area contributed by atoms with Crippen molar-refractivity contribution in [3.63, 3.8) is 0 Å². The molecule has 1 aliphatic heterocycles. The Morgan fingerprint density at radius 3 is 2.59 bits per heavy atom. The van der Waals surface area contributed by atoms with Crippen molar-refractivity contribution < 1.29 is 9.47 Å². The zero-order valence-electron chi connectivity index (χ0n) is 17.5. The predicted molar refractivity (Wildman–Crippen MR) is 127 cm³/mol. The summed E-state index contributed by atoms with van der Waals surface area (Å²) in [6, 6.07) is 15.8. The number of fused-ring (bicyclic) bond motifs is 1. The molecule has 2 aromatic carbocycles. The predicted octanol–water partition coefficient (Wildman–Crippen LogP) is 5.87. The summed E-state index contributed by atoms with van der Waals surface area (Å²) in [6.07, 6.45) is 2.55. The molecule has 0 spiro atoms. The van der Waals surface area contributed by atoms with Crippen LogP contribution in [0.15, 0.2) is 54.7 Å². The van der Waals surface area contributed by atoms with Crippen LogP contribution < -0.4 is 10.1 Å². The van der Waals surface area contributed by atoms with Crippen LogP contribution in [0, 0.1) is 5.92 Å². The average Bonchev–Trinajstić information content (AvgIpc) is 3.07. The lowest BCUT2D eigenvalue weighted by Crippen LogP contribution is -2.29. The molecule has 32 heavy (non-hydrogen) atoms. The van der Waals surface area contributed by atoms with Gasteiger partial charge in [-0.15, -0.1) is 0 Å². The van der Waals surface area contributed by atoms with Crippen LogP contribution in [-0.4, -0.2) is 27.7 Å². The van der Waals surface area contributed by atoms with Crippen molar-refractivity contribution in [3.8, 4) is 11.6 Å². The number of aryl methyl sites for hydroxylation is 1. The standard InChI is InChI=1S/C24H22Cl2N4O2/c1-30-22-9-16(8-17-13-31-14-17)4-7-21(22)29-24(30)28-11-15-2-5-19(6-3-15)32-23-20(26)10-18(25)12-27-23/h2-7,9-10,12,17H,8,11,13-14H2,1H3,(H,28,29). The number of nitrogens with zero attached hydrogens (tertiary/aromatic N) is 3. The summed E-state index contributed by atoms with van der Waals surface area (Å²) in [5.74, 6) is 2.45. The van der Waals surface area contributed by atoms with E-state index in [4.69, 9.17) is 37.7 Å². The van der Waals surface area contributed by atoms with Crippen molar-refractivity contribution in [1.29, 1.82) is 0 Å². The molecule has 6 nitrogen and oxygen atoms in total. The van der Waals surface area contributed by atoms with Crippen LogP contribution >= 0.6 is 23.2 Å². The molecule has 164 valence electrons. The van der Waals surface area contributed by atoms with E-state index < -0.39 is 0 Å². The molecule has 0 aliphatic carbocycles. The molecular formula is C24H22Cl2N4O2. The maximum atomic E-state index is 6.12. The number of aromatic nitrogens is 3. The highest BCUT2D eigenvalue weighted by Crippen LogP contribution is 2.29. The molecule has 0 saturated carbocycles. The van der Waals surface area contributed by atoms with Gasteiger partial charge in [-0.05, 0) is 47.9 Å². The first kappa shape index (κ1) is 21.1. The van der Waals surface area contributed by atoms with Gasteiger partial charge in [0.25, 0.3) is 0 Å². The van der Waals surface area contributed by atoms with Gasteiger partial charge in [0.15, 0.2) is 0 Å². The Labute approximate surface area is 196 Å². The smallest absolute Gasteiger partial charge is 0.238 e. The first-order valence-electron chi connectivity index (χ1n) is 10.4. The highest BCUT2D eigenvalue weighted by molar-refractivity contribution is 6.35. The third-order valence-electron chi connectivity index (χ3n) is 5.54. The number of anilines is 1. The first-order valence-corrected chi connectivity index (χ1v) is 11.2. The number of hydrogen-bond acceptors (Lipinski definition) is 5. The largest absolute Gasteiger partial charge is 0.438 e. The van der Waals surface area contributed by atoms with Crippen molar-refractivity contribution in [2.24, 2.45) is 13.0 Å². The maximum absolute atomic E-state index is 6.12. The summed E-state index contributed by atoms with van der Waals surface area (Å²) in [5, 5.41) is 4.27. The van der Waals surface area contributed by atoms with Crippen LogP contribution in [0.25, 0.3) is 11.0 Å². The Hall–Kier alpha value is -2.80. The number of halogens is 2. The third kappa shape index (κ3) is 4.53. The van der Waals surface area contributed by atoms with Gasteiger partial charge in [-0.2, -0.15) is 0 Å². The molecule has 5 rings (SSSR count). The molecule has 3 heterocycles. The van der Waals surface area contributed by atoms with Gasteiger partial charge in [-0.25, -0.2) is 9.97 Å². The van der Waals surface area contributed by atoms with Gasteiger partial charge in [0.05, 0.1) is 29.3 Å². The Bertz CT molecular complexity index is 1250. The van der Waals surface area contributed by atoms with E-state index in [-0.39, 0.29) is 0 Å². The molecule has 8 heteroatoms. The van der Waals surface area contributed by atoms with Crippen LogP contribution in [-0.2, 0) is 24.8 Å². The van der Waals surface area contributed by atoms with E-state index in [1.165, 1.54) is 11.8 Å². The summed E-state index contributed by atoms with van der Waals surface area (Å²) in [6.45, 7) is 2.37. The van der Waals surface area contributed by atoms with Crippen molar-refractivity contribution in [3.05, 3.63) is 75.9 Å². The molecular weight excluding hydrogens is 447 g/mol. The fourth-order valence-electron chi connectivity index (χ4n) is 3.70. The van der Waals surface area contributed by atoms with E-state index in [1.807, 2.05) is 31.3 Å². The van der Waals surface area contributed by atoms with E-state index in [0.29, 0.717) is 34.1 Å². The summed E-state index contributed by atoms with van der Waals surface area (Å²) in [7, 11) is 2.04. The average molecular weight is 469 g/mol. The summed E-state index contributed by atoms with van der Waals surface area (Å²) < 4.78 is 13.1. The quantitative estimate of drug-likeness (QED) is 0.367. The Kier molecular flexibility index (Phi) is 5.91. The minimum Gasteiger partial charge on any atom is -0.438 e. The molecule has 0 atom stereocenters. The van der Waals surface area contributed by atoms with Crippen LogP contribution in [0.4, 0.5) is 5.95 Å². The highest BCUT2D eigenvalue weighted by atomic mass is 35.5. The zero-order chi connectivity index (χ0) is 22.1.